The van der Waals surface area contributed by atoms with Crippen LogP contribution in [0.25, 0.3) is 21.9 Å². The maximum absolute atomic E-state index is 4.51. The number of anilines is 1. The van der Waals surface area contributed by atoms with Crippen LogP contribution in [-0.2, 0) is 0 Å². The topological polar surface area (TPSA) is 69.4 Å². The molecule has 5 heteroatoms. The van der Waals surface area contributed by atoms with Crippen LogP contribution in [0.15, 0.2) is 42.9 Å². The molecular formula is C22H21N5. The standard InChI is InChI=1S/C22H21N5/c1-2-12-9-11(1)18-19(12)21(13-5-7-23-22-14(13)6-8-24-22)26-17-4-3-16-15(20(17)18)10-25-27-16/h3-8,10-12,18-19,21,26H,1-2,9H2,(H,23,24)(H,25,27). The van der Waals surface area contributed by atoms with Gasteiger partial charge in [0.1, 0.15) is 5.65 Å². The number of pyridine rings is 1. The van der Waals surface area contributed by atoms with E-state index in [2.05, 4.69) is 49.7 Å². The number of nitrogens with one attached hydrogen (secondary N) is 3. The Bertz CT molecular complexity index is 1190. The van der Waals surface area contributed by atoms with Crippen molar-refractivity contribution in [1.29, 1.82) is 0 Å². The van der Waals surface area contributed by atoms with Gasteiger partial charge in [-0.2, -0.15) is 5.10 Å². The molecule has 4 heterocycles. The fourth-order valence-corrected chi connectivity index (χ4v) is 6.57. The van der Waals surface area contributed by atoms with Gasteiger partial charge in [0.2, 0.25) is 0 Å². The lowest BCUT2D eigenvalue weighted by Gasteiger charge is -2.44. The number of nitrogens with zero attached hydrogens (tertiary/aromatic N) is 2. The molecule has 0 spiro atoms. The van der Waals surface area contributed by atoms with Crippen LogP contribution in [0.2, 0.25) is 0 Å². The summed E-state index contributed by atoms with van der Waals surface area (Å²) in [5, 5.41) is 14.0. The van der Waals surface area contributed by atoms with Gasteiger partial charge in [-0.05, 0) is 78.3 Å². The highest BCUT2D eigenvalue weighted by Gasteiger charge is 2.54. The molecule has 0 radical (unpaired) electrons. The van der Waals surface area contributed by atoms with E-state index in [0.717, 1.165) is 23.0 Å². The van der Waals surface area contributed by atoms with E-state index in [1.165, 1.54) is 46.8 Å². The number of fused-ring (bicyclic) bond motifs is 10. The minimum absolute atomic E-state index is 0.350. The van der Waals surface area contributed by atoms with E-state index in [0.29, 0.717) is 17.9 Å². The first-order valence-corrected chi connectivity index (χ1v) is 10.0. The molecule has 1 aliphatic heterocycles. The summed E-state index contributed by atoms with van der Waals surface area (Å²) >= 11 is 0. The lowest BCUT2D eigenvalue weighted by Crippen LogP contribution is -2.35. The number of aromatic nitrogens is 4. The quantitative estimate of drug-likeness (QED) is 0.462. The number of rotatable bonds is 1. The highest BCUT2D eigenvalue weighted by molar-refractivity contribution is 5.89. The minimum atomic E-state index is 0.350. The smallest absolute Gasteiger partial charge is 0.137 e. The van der Waals surface area contributed by atoms with Crippen LogP contribution in [0.1, 0.15) is 42.3 Å². The maximum Gasteiger partial charge on any atom is 0.137 e. The first kappa shape index (κ1) is 14.3. The van der Waals surface area contributed by atoms with Gasteiger partial charge < -0.3 is 10.3 Å². The van der Waals surface area contributed by atoms with Gasteiger partial charge in [0, 0.05) is 28.9 Å². The third kappa shape index (κ3) is 1.75. The van der Waals surface area contributed by atoms with Crippen molar-refractivity contribution in [3.8, 4) is 0 Å². The fraction of sp³-hybridized carbons (Fsp3) is 0.364. The Morgan fingerprint density at radius 1 is 1.00 bits per heavy atom. The van der Waals surface area contributed by atoms with Gasteiger partial charge in [0.25, 0.3) is 0 Å². The third-order valence-corrected chi connectivity index (χ3v) is 7.50. The Kier molecular flexibility index (Phi) is 2.60. The lowest BCUT2D eigenvalue weighted by molar-refractivity contribution is 0.249. The summed E-state index contributed by atoms with van der Waals surface area (Å²) in [5.74, 6) is 2.91. The van der Waals surface area contributed by atoms with Gasteiger partial charge in [-0.1, -0.05) is 0 Å². The van der Waals surface area contributed by atoms with Crippen molar-refractivity contribution in [2.45, 2.75) is 31.2 Å². The van der Waals surface area contributed by atoms with E-state index < -0.39 is 0 Å². The summed E-state index contributed by atoms with van der Waals surface area (Å²) in [5.41, 5.74) is 6.34. The highest BCUT2D eigenvalue weighted by Crippen LogP contribution is 2.64. The Morgan fingerprint density at radius 2 is 1.96 bits per heavy atom. The molecule has 4 aromatic rings. The Balaban J connectivity index is 1.48. The van der Waals surface area contributed by atoms with E-state index in [4.69, 9.17) is 0 Å². The molecule has 0 amide bonds. The van der Waals surface area contributed by atoms with Gasteiger partial charge in [-0.3, -0.25) is 5.10 Å². The zero-order chi connectivity index (χ0) is 17.5. The van der Waals surface area contributed by atoms with Crippen molar-refractivity contribution in [2.75, 3.05) is 5.32 Å². The Hall–Kier alpha value is -2.82. The van der Waals surface area contributed by atoms with Gasteiger partial charge in [-0.15, -0.1) is 0 Å². The number of benzene rings is 1. The molecule has 2 aliphatic carbocycles. The summed E-state index contributed by atoms with van der Waals surface area (Å²) < 4.78 is 0. The zero-order valence-electron chi connectivity index (χ0n) is 14.9. The lowest BCUT2D eigenvalue weighted by atomic mass is 9.67. The molecule has 2 fully saturated rings. The first-order chi connectivity index (χ1) is 13.4. The van der Waals surface area contributed by atoms with Gasteiger partial charge in [0.05, 0.1) is 17.8 Å². The molecule has 2 bridgehead atoms. The third-order valence-electron chi connectivity index (χ3n) is 7.50. The van der Waals surface area contributed by atoms with E-state index in [-0.39, 0.29) is 0 Å². The SMILES string of the molecule is c1cc(C2Nc3ccc4[nH]ncc4c3C3C4CCC(C4)C23)c2cc[nH]c2n1. The highest BCUT2D eigenvalue weighted by atomic mass is 15.1. The fourth-order valence-electron chi connectivity index (χ4n) is 6.57. The van der Waals surface area contributed by atoms with Crippen molar-refractivity contribution in [1.82, 2.24) is 20.2 Å². The number of hydrogen-bond acceptors (Lipinski definition) is 3. The van der Waals surface area contributed by atoms with Crippen LogP contribution in [0.5, 0.6) is 0 Å². The summed E-state index contributed by atoms with van der Waals surface area (Å²) in [7, 11) is 0. The average Bonchev–Trinajstić information content (AvgIpc) is 3.49. The second-order valence-electron chi connectivity index (χ2n) is 8.56. The van der Waals surface area contributed by atoms with E-state index in [9.17, 15) is 0 Å². The van der Waals surface area contributed by atoms with Gasteiger partial charge in [-0.25, -0.2) is 4.98 Å². The molecule has 2 saturated carbocycles. The largest absolute Gasteiger partial charge is 0.378 e. The van der Waals surface area contributed by atoms with E-state index in [1.54, 1.807) is 0 Å². The molecule has 0 saturated heterocycles. The van der Waals surface area contributed by atoms with Crippen LogP contribution in [0.3, 0.4) is 0 Å². The molecule has 27 heavy (non-hydrogen) atoms. The van der Waals surface area contributed by atoms with Crippen molar-refractivity contribution in [2.24, 2.45) is 17.8 Å². The van der Waals surface area contributed by atoms with Crippen molar-refractivity contribution < 1.29 is 0 Å². The van der Waals surface area contributed by atoms with Crippen LogP contribution in [-0.4, -0.2) is 20.2 Å². The van der Waals surface area contributed by atoms with Crippen LogP contribution < -0.4 is 5.32 Å². The molecule has 5 nitrogen and oxygen atoms in total. The molecule has 5 unspecified atom stereocenters. The summed E-state index contributed by atoms with van der Waals surface area (Å²) in [6.45, 7) is 0. The normalized spacial score (nSPS) is 31.2. The second kappa shape index (κ2) is 4.91. The summed E-state index contributed by atoms with van der Waals surface area (Å²) in [4.78, 5) is 7.79. The molecule has 3 N–H and O–H groups in total. The second-order valence-corrected chi connectivity index (χ2v) is 8.56. The van der Waals surface area contributed by atoms with E-state index >= 15 is 0 Å². The first-order valence-electron chi connectivity index (χ1n) is 10.0. The van der Waals surface area contributed by atoms with Crippen molar-refractivity contribution in [3.05, 3.63) is 54.0 Å². The summed E-state index contributed by atoms with van der Waals surface area (Å²) in [6.07, 6.45) is 10.1. The van der Waals surface area contributed by atoms with Crippen LogP contribution >= 0.6 is 0 Å². The molecule has 3 aromatic heterocycles. The van der Waals surface area contributed by atoms with Crippen LogP contribution in [0, 0.1) is 17.8 Å². The van der Waals surface area contributed by atoms with Crippen molar-refractivity contribution in [3.63, 3.8) is 0 Å². The zero-order valence-corrected chi connectivity index (χ0v) is 14.9. The average molecular weight is 355 g/mol. The number of aromatic amines is 2. The van der Waals surface area contributed by atoms with E-state index in [1.807, 2.05) is 18.6 Å². The number of hydrogen-bond donors (Lipinski definition) is 3. The van der Waals surface area contributed by atoms with Crippen molar-refractivity contribution >= 4 is 27.6 Å². The Labute approximate surface area is 156 Å². The molecular weight excluding hydrogens is 334 g/mol. The predicted molar refractivity (Wildman–Crippen MR) is 106 cm³/mol. The molecule has 1 aromatic carbocycles. The molecule has 3 aliphatic rings. The van der Waals surface area contributed by atoms with Crippen LogP contribution in [0.4, 0.5) is 5.69 Å². The van der Waals surface area contributed by atoms with Gasteiger partial charge in [0.15, 0.2) is 0 Å². The molecule has 134 valence electrons. The molecule has 7 rings (SSSR count). The predicted octanol–water partition coefficient (Wildman–Crippen LogP) is 4.74. The minimum Gasteiger partial charge on any atom is -0.378 e. The monoisotopic (exact) mass is 355 g/mol. The number of H-pyrrole nitrogens is 2. The Morgan fingerprint density at radius 3 is 2.96 bits per heavy atom. The van der Waals surface area contributed by atoms with Gasteiger partial charge >= 0.3 is 0 Å². The maximum atomic E-state index is 4.51. The molecule has 5 atom stereocenters. The summed E-state index contributed by atoms with van der Waals surface area (Å²) in [6, 6.07) is 9.16.